The summed E-state index contributed by atoms with van der Waals surface area (Å²) in [4.78, 5) is 46.1. The number of aldehydes is 1. The lowest BCUT2D eigenvalue weighted by molar-refractivity contribution is -0.150. The summed E-state index contributed by atoms with van der Waals surface area (Å²) < 4.78 is 0. The molecule has 0 unspecified atom stereocenters. The van der Waals surface area contributed by atoms with Crippen LogP contribution in [-0.4, -0.2) is 23.6 Å². The number of rotatable bonds is 8. The lowest BCUT2D eigenvalue weighted by Gasteiger charge is -2.26. The molecule has 4 heteroatoms. The number of Topliss-reactive ketones (excluding diaryl/α,β-unsaturated/α-hetero) is 3. The summed E-state index contributed by atoms with van der Waals surface area (Å²) in [7, 11) is 0. The first-order chi connectivity index (χ1) is 7.50. The molecule has 4 nitrogen and oxygen atoms in total. The predicted octanol–water partition coefficient (Wildman–Crippen LogP) is 1.50. The minimum Gasteiger partial charge on any atom is -0.303 e. The number of hydrogen-bond acceptors (Lipinski definition) is 4. The minimum absolute atomic E-state index is 0.0886. The van der Waals surface area contributed by atoms with Crippen LogP contribution in [0.4, 0.5) is 0 Å². The van der Waals surface area contributed by atoms with Gasteiger partial charge in [-0.1, -0.05) is 20.8 Å². The average Bonchev–Trinajstić information content (AvgIpc) is 2.32. The van der Waals surface area contributed by atoms with E-state index in [0.717, 1.165) is 0 Å². The van der Waals surface area contributed by atoms with E-state index in [0.29, 0.717) is 6.29 Å². The van der Waals surface area contributed by atoms with Crippen molar-refractivity contribution in [3.63, 3.8) is 0 Å². The third-order valence-electron chi connectivity index (χ3n) is 2.78. The van der Waals surface area contributed by atoms with Gasteiger partial charge < -0.3 is 4.79 Å². The van der Waals surface area contributed by atoms with Gasteiger partial charge in [-0.25, -0.2) is 0 Å². The summed E-state index contributed by atoms with van der Waals surface area (Å²) in [5, 5.41) is 0. The molecule has 0 aliphatic heterocycles. The van der Waals surface area contributed by atoms with Gasteiger partial charge in [-0.15, -0.1) is 0 Å². The van der Waals surface area contributed by atoms with Crippen molar-refractivity contribution in [2.24, 2.45) is 5.41 Å². The van der Waals surface area contributed by atoms with Crippen LogP contribution < -0.4 is 0 Å². The Labute approximate surface area is 95.4 Å². The predicted molar refractivity (Wildman–Crippen MR) is 59.0 cm³/mol. The third kappa shape index (κ3) is 2.43. The van der Waals surface area contributed by atoms with Crippen molar-refractivity contribution in [2.45, 2.75) is 46.5 Å². The van der Waals surface area contributed by atoms with Crippen molar-refractivity contribution in [1.29, 1.82) is 0 Å². The summed E-state index contributed by atoms with van der Waals surface area (Å²) in [5.74, 6) is -1.34. The second-order valence-corrected chi connectivity index (χ2v) is 3.61. The van der Waals surface area contributed by atoms with Crippen LogP contribution >= 0.6 is 0 Å². The SMILES string of the molecule is CCC(=O)C(CC=O)(C(=O)CC)C(=O)CC. The Kier molecular flexibility index (Phi) is 5.78. The molecule has 0 N–H and O–H groups in total. The Hall–Kier alpha value is -1.32. The Balaban J connectivity index is 5.55. The fourth-order valence-corrected chi connectivity index (χ4v) is 1.84. The highest BCUT2D eigenvalue weighted by molar-refractivity contribution is 6.25. The topological polar surface area (TPSA) is 68.3 Å². The maximum absolute atomic E-state index is 11.8. The van der Waals surface area contributed by atoms with Crippen molar-refractivity contribution in [3.05, 3.63) is 0 Å². The summed E-state index contributed by atoms with van der Waals surface area (Å²) in [6.45, 7) is 4.77. The van der Waals surface area contributed by atoms with Gasteiger partial charge in [0.2, 0.25) is 0 Å². The molecule has 0 saturated heterocycles. The Bertz CT molecular complexity index is 263. The first-order valence-electron chi connectivity index (χ1n) is 5.54. The van der Waals surface area contributed by atoms with Gasteiger partial charge in [0.15, 0.2) is 22.8 Å². The van der Waals surface area contributed by atoms with Gasteiger partial charge in [0, 0.05) is 25.7 Å². The third-order valence-corrected chi connectivity index (χ3v) is 2.78. The van der Waals surface area contributed by atoms with E-state index in [2.05, 4.69) is 0 Å². The molecular weight excluding hydrogens is 208 g/mol. The molecule has 0 bridgehead atoms. The maximum atomic E-state index is 11.8. The molecule has 0 saturated carbocycles. The Morgan fingerprint density at radius 3 is 1.38 bits per heavy atom. The standard InChI is InChI=1S/C12H18O4/c1-4-9(14)12(7-8-13,10(15)5-2)11(16)6-3/h8H,4-7H2,1-3H3. The van der Waals surface area contributed by atoms with E-state index >= 15 is 0 Å². The fraction of sp³-hybridized carbons (Fsp3) is 0.667. The first kappa shape index (κ1) is 14.7. The zero-order valence-corrected chi connectivity index (χ0v) is 10.0. The fourth-order valence-electron chi connectivity index (χ4n) is 1.84. The molecule has 0 aliphatic rings. The van der Waals surface area contributed by atoms with Gasteiger partial charge in [0.25, 0.3) is 0 Å². The summed E-state index contributed by atoms with van der Waals surface area (Å²) >= 11 is 0. The largest absolute Gasteiger partial charge is 0.303 e. The van der Waals surface area contributed by atoms with Gasteiger partial charge in [-0.3, -0.25) is 14.4 Å². The van der Waals surface area contributed by atoms with Crippen LogP contribution in [0, 0.1) is 5.41 Å². The number of ketones is 3. The summed E-state index contributed by atoms with van der Waals surface area (Å²) in [6.07, 6.45) is 0.426. The molecule has 0 radical (unpaired) electrons. The molecule has 0 heterocycles. The Morgan fingerprint density at radius 2 is 1.19 bits per heavy atom. The van der Waals surface area contributed by atoms with Crippen LogP contribution in [0.1, 0.15) is 46.5 Å². The van der Waals surface area contributed by atoms with Gasteiger partial charge in [0.05, 0.1) is 0 Å². The Morgan fingerprint density at radius 1 is 0.875 bits per heavy atom. The van der Waals surface area contributed by atoms with Crippen LogP contribution in [0.25, 0.3) is 0 Å². The summed E-state index contributed by atoms with van der Waals surface area (Å²) in [5.41, 5.74) is -1.71. The van der Waals surface area contributed by atoms with E-state index in [4.69, 9.17) is 0 Å². The van der Waals surface area contributed by atoms with Gasteiger partial charge in [-0.2, -0.15) is 0 Å². The molecule has 0 amide bonds. The molecule has 90 valence electrons. The van der Waals surface area contributed by atoms with Gasteiger partial charge in [0.1, 0.15) is 6.29 Å². The average molecular weight is 226 g/mol. The molecule has 0 aromatic rings. The van der Waals surface area contributed by atoms with Crippen LogP contribution in [0.15, 0.2) is 0 Å². The molecule has 0 atom stereocenters. The highest BCUT2D eigenvalue weighted by Crippen LogP contribution is 2.29. The zero-order valence-electron chi connectivity index (χ0n) is 10.0. The van der Waals surface area contributed by atoms with E-state index in [1.54, 1.807) is 20.8 Å². The van der Waals surface area contributed by atoms with E-state index in [1.165, 1.54) is 0 Å². The van der Waals surface area contributed by atoms with E-state index < -0.39 is 22.8 Å². The molecule has 16 heavy (non-hydrogen) atoms. The molecular formula is C12H18O4. The smallest absolute Gasteiger partial charge is 0.154 e. The highest BCUT2D eigenvalue weighted by Gasteiger charge is 2.48. The highest BCUT2D eigenvalue weighted by atomic mass is 16.2. The number of hydrogen-bond donors (Lipinski definition) is 0. The second-order valence-electron chi connectivity index (χ2n) is 3.61. The lowest BCUT2D eigenvalue weighted by atomic mass is 9.70. The van der Waals surface area contributed by atoms with Crippen LogP contribution in [0.2, 0.25) is 0 Å². The van der Waals surface area contributed by atoms with Crippen molar-refractivity contribution >= 4 is 23.6 Å². The van der Waals surface area contributed by atoms with Crippen molar-refractivity contribution in [1.82, 2.24) is 0 Å². The molecule has 0 fully saturated rings. The van der Waals surface area contributed by atoms with Crippen molar-refractivity contribution < 1.29 is 19.2 Å². The molecule has 0 spiro atoms. The lowest BCUT2D eigenvalue weighted by Crippen LogP contribution is -2.46. The van der Waals surface area contributed by atoms with Gasteiger partial charge >= 0.3 is 0 Å². The van der Waals surface area contributed by atoms with E-state index in [-0.39, 0.29) is 25.7 Å². The van der Waals surface area contributed by atoms with Crippen molar-refractivity contribution in [3.8, 4) is 0 Å². The number of carbonyl (C=O) groups is 4. The van der Waals surface area contributed by atoms with Crippen LogP contribution in [0.3, 0.4) is 0 Å². The van der Waals surface area contributed by atoms with Crippen LogP contribution in [0.5, 0.6) is 0 Å². The quantitative estimate of drug-likeness (QED) is 0.464. The van der Waals surface area contributed by atoms with E-state index in [9.17, 15) is 19.2 Å². The molecule has 0 rings (SSSR count). The van der Waals surface area contributed by atoms with E-state index in [1.807, 2.05) is 0 Å². The summed E-state index contributed by atoms with van der Waals surface area (Å²) in [6, 6.07) is 0. The first-order valence-corrected chi connectivity index (χ1v) is 5.54. The van der Waals surface area contributed by atoms with Gasteiger partial charge in [-0.05, 0) is 0 Å². The molecule has 0 aromatic carbocycles. The maximum Gasteiger partial charge on any atom is 0.154 e. The number of carbonyl (C=O) groups excluding carboxylic acids is 4. The molecule has 0 aromatic heterocycles. The molecule has 0 aliphatic carbocycles. The van der Waals surface area contributed by atoms with Crippen molar-refractivity contribution in [2.75, 3.05) is 0 Å². The second kappa shape index (κ2) is 6.30. The zero-order chi connectivity index (χ0) is 12.8. The van der Waals surface area contributed by atoms with Crippen LogP contribution in [-0.2, 0) is 19.2 Å². The minimum atomic E-state index is -1.71. The monoisotopic (exact) mass is 226 g/mol. The normalized spacial score (nSPS) is 10.9.